The lowest BCUT2D eigenvalue weighted by molar-refractivity contribution is 0.00989. The number of rotatable bonds is 9. The fourth-order valence-electron chi connectivity index (χ4n) is 4.07. The number of likely N-dealkylation sites (tertiary alicyclic amines) is 1. The summed E-state index contributed by atoms with van der Waals surface area (Å²) in [4.78, 5) is 9.39. The minimum atomic E-state index is 0. The van der Waals surface area contributed by atoms with E-state index in [0.29, 0.717) is 6.10 Å². The molecule has 1 heterocycles. The maximum Gasteiger partial charge on any atom is 0.193 e. The van der Waals surface area contributed by atoms with Crippen molar-refractivity contribution in [1.29, 1.82) is 0 Å². The van der Waals surface area contributed by atoms with Crippen LogP contribution in [0.3, 0.4) is 0 Å². The van der Waals surface area contributed by atoms with Crippen LogP contribution in [0.25, 0.3) is 0 Å². The third-order valence-electron chi connectivity index (χ3n) is 5.75. The summed E-state index contributed by atoms with van der Waals surface area (Å²) in [6.07, 6.45) is 10.5. The van der Waals surface area contributed by atoms with Crippen molar-refractivity contribution in [2.75, 3.05) is 60.6 Å². The summed E-state index contributed by atoms with van der Waals surface area (Å²) < 4.78 is 11.0. The van der Waals surface area contributed by atoms with Crippen molar-refractivity contribution >= 4 is 29.9 Å². The summed E-state index contributed by atoms with van der Waals surface area (Å²) >= 11 is 0. The predicted molar refractivity (Wildman–Crippen MR) is 123 cm³/mol. The predicted octanol–water partition coefficient (Wildman–Crippen LogP) is 2.96. The van der Waals surface area contributed by atoms with Gasteiger partial charge in [-0.1, -0.05) is 19.3 Å². The molecule has 160 valence electrons. The van der Waals surface area contributed by atoms with E-state index < -0.39 is 0 Å². The average molecular weight is 496 g/mol. The Balaban J connectivity index is 0.00000364. The van der Waals surface area contributed by atoms with Crippen LogP contribution in [0.15, 0.2) is 4.99 Å². The van der Waals surface area contributed by atoms with Gasteiger partial charge in [0.25, 0.3) is 0 Å². The third-order valence-corrected chi connectivity index (χ3v) is 5.75. The zero-order valence-corrected chi connectivity index (χ0v) is 20.0. The number of halogens is 1. The zero-order chi connectivity index (χ0) is 18.6. The molecule has 0 spiro atoms. The second-order valence-electron chi connectivity index (χ2n) is 7.65. The zero-order valence-electron chi connectivity index (χ0n) is 17.6. The van der Waals surface area contributed by atoms with E-state index in [2.05, 4.69) is 27.2 Å². The fourth-order valence-corrected chi connectivity index (χ4v) is 4.07. The number of hydrogen-bond donors (Lipinski definition) is 1. The first-order chi connectivity index (χ1) is 12.7. The minimum absolute atomic E-state index is 0. The summed E-state index contributed by atoms with van der Waals surface area (Å²) in [6.45, 7) is 5.68. The lowest BCUT2D eigenvalue weighted by Gasteiger charge is -2.35. The first-order valence-corrected chi connectivity index (χ1v) is 10.5. The fraction of sp³-hybridized carbons (Fsp3) is 0.950. The smallest absolute Gasteiger partial charge is 0.193 e. The summed E-state index contributed by atoms with van der Waals surface area (Å²) in [5, 5.41) is 3.56. The number of hydrogen-bond acceptors (Lipinski definition) is 4. The van der Waals surface area contributed by atoms with Crippen molar-refractivity contribution in [2.45, 2.75) is 63.5 Å². The summed E-state index contributed by atoms with van der Waals surface area (Å²) in [7, 11) is 5.90. The van der Waals surface area contributed by atoms with Gasteiger partial charge in [-0.2, -0.15) is 0 Å². The van der Waals surface area contributed by atoms with Crippen LogP contribution >= 0.6 is 24.0 Å². The van der Waals surface area contributed by atoms with Crippen molar-refractivity contribution in [1.82, 2.24) is 15.1 Å². The third kappa shape index (κ3) is 9.28. The van der Waals surface area contributed by atoms with E-state index in [1.54, 1.807) is 7.11 Å². The molecule has 0 unspecified atom stereocenters. The van der Waals surface area contributed by atoms with Crippen LogP contribution in [0, 0.1) is 0 Å². The highest BCUT2D eigenvalue weighted by molar-refractivity contribution is 14.0. The molecule has 1 N–H and O–H groups in total. The SMILES string of the molecule is CN=C(NCCN(C)C1CCCCC1)N1CCC(OCCCOC)CC1.I. The second-order valence-corrected chi connectivity index (χ2v) is 7.65. The number of piperidine rings is 1. The minimum Gasteiger partial charge on any atom is -0.385 e. The molecule has 2 fully saturated rings. The Kier molecular flexibility index (Phi) is 13.7. The molecule has 7 heteroatoms. The first kappa shape index (κ1) is 24.9. The molecule has 1 aliphatic carbocycles. The van der Waals surface area contributed by atoms with Crippen molar-refractivity contribution in [2.24, 2.45) is 4.99 Å². The van der Waals surface area contributed by atoms with E-state index in [1.807, 2.05) is 7.05 Å². The van der Waals surface area contributed by atoms with E-state index >= 15 is 0 Å². The molecule has 27 heavy (non-hydrogen) atoms. The number of nitrogens with one attached hydrogen (secondary N) is 1. The maximum absolute atomic E-state index is 5.95. The maximum atomic E-state index is 5.95. The van der Waals surface area contributed by atoms with Gasteiger partial charge in [-0.25, -0.2) is 0 Å². The average Bonchev–Trinajstić information content (AvgIpc) is 2.70. The highest BCUT2D eigenvalue weighted by atomic mass is 127. The molecule has 1 aliphatic heterocycles. The topological polar surface area (TPSA) is 49.3 Å². The lowest BCUT2D eigenvalue weighted by atomic mass is 9.94. The van der Waals surface area contributed by atoms with Crippen LogP contribution in [0.2, 0.25) is 0 Å². The Morgan fingerprint density at radius 1 is 1.11 bits per heavy atom. The van der Waals surface area contributed by atoms with E-state index in [1.165, 1.54) is 32.1 Å². The van der Waals surface area contributed by atoms with E-state index in [0.717, 1.165) is 70.7 Å². The van der Waals surface area contributed by atoms with Crippen LogP contribution in [-0.2, 0) is 9.47 Å². The number of ether oxygens (including phenoxy) is 2. The molecule has 0 aromatic rings. The number of aliphatic imine (C=N–C) groups is 1. The molecule has 0 atom stereocenters. The quantitative estimate of drug-likeness (QED) is 0.230. The Morgan fingerprint density at radius 2 is 1.81 bits per heavy atom. The molecule has 0 radical (unpaired) electrons. The highest BCUT2D eigenvalue weighted by Crippen LogP contribution is 2.21. The molecule has 1 saturated carbocycles. The van der Waals surface area contributed by atoms with Crippen molar-refractivity contribution < 1.29 is 9.47 Å². The molecule has 0 aromatic carbocycles. The Hall–Kier alpha value is -0.120. The molecule has 1 saturated heterocycles. The number of nitrogens with zero attached hydrogens (tertiary/aromatic N) is 3. The monoisotopic (exact) mass is 496 g/mol. The van der Waals surface area contributed by atoms with Gasteiger partial charge in [0.1, 0.15) is 0 Å². The number of methoxy groups -OCH3 is 1. The van der Waals surface area contributed by atoms with Crippen LogP contribution < -0.4 is 5.32 Å². The molecular formula is C20H41IN4O2. The van der Waals surface area contributed by atoms with Gasteiger partial charge in [0.2, 0.25) is 0 Å². The van der Waals surface area contributed by atoms with Crippen LogP contribution in [0.5, 0.6) is 0 Å². The largest absolute Gasteiger partial charge is 0.385 e. The lowest BCUT2D eigenvalue weighted by Crippen LogP contribution is -2.49. The van der Waals surface area contributed by atoms with Gasteiger partial charge in [0, 0.05) is 59.6 Å². The van der Waals surface area contributed by atoms with Gasteiger partial charge in [-0.05, 0) is 39.2 Å². The van der Waals surface area contributed by atoms with E-state index in [4.69, 9.17) is 9.47 Å². The van der Waals surface area contributed by atoms with Crippen molar-refractivity contribution in [3.05, 3.63) is 0 Å². The van der Waals surface area contributed by atoms with Crippen molar-refractivity contribution in [3.63, 3.8) is 0 Å². The van der Waals surface area contributed by atoms with E-state index in [9.17, 15) is 0 Å². The van der Waals surface area contributed by atoms with Crippen molar-refractivity contribution in [3.8, 4) is 0 Å². The first-order valence-electron chi connectivity index (χ1n) is 10.5. The standard InChI is InChI=1S/C20H40N4O2.HI/c1-21-20(22-12-15-23(2)18-8-5-4-6-9-18)24-13-10-19(11-14-24)26-17-7-16-25-3;/h18-19H,4-17H2,1-3H3,(H,21,22);1H. The normalized spacial score (nSPS) is 20.0. The molecular weight excluding hydrogens is 455 g/mol. The Labute approximate surface area is 183 Å². The Morgan fingerprint density at radius 3 is 2.44 bits per heavy atom. The van der Waals surface area contributed by atoms with Gasteiger partial charge < -0.3 is 24.6 Å². The number of guanidine groups is 1. The molecule has 6 nitrogen and oxygen atoms in total. The molecule has 0 amide bonds. The summed E-state index contributed by atoms with van der Waals surface area (Å²) in [5.74, 6) is 1.04. The van der Waals surface area contributed by atoms with Crippen LogP contribution in [0.4, 0.5) is 0 Å². The highest BCUT2D eigenvalue weighted by Gasteiger charge is 2.22. The van der Waals surface area contributed by atoms with Gasteiger partial charge in [0.05, 0.1) is 6.10 Å². The molecule has 2 aliphatic rings. The Bertz CT molecular complexity index is 397. The molecule has 0 aromatic heterocycles. The van der Waals surface area contributed by atoms with Gasteiger partial charge >= 0.3 is 0 Å². The van der Waals surface area contributed by atoms with E-state index in [-0.39, 0.29) is 24.0 Å². The van der Waals surface area contributed by atoms with Gasteiger partial charge in [-0.3, -0.25) is 4.99 Å². The molecule has 0 bridgehead atoms. The number of likely N-dealkylation sites (N-methyl/N-ethyl adjacent to an activating group) is 1. The molecule has 2 rings (SSSR count). The second kappa shape index (κ2) is 14.8. The van der Waals surface area contributed by atoms with Gasteiger partial charge in [0.15, 0.2) is 5.96 Å². The van der Waals surface area contributed by atoms with Crippen LogP contribution in [-0.4, -0.2) is 88.5 Å². The summed E-state index contributed by atoms with van der Waals surface area (Å²) in [6, 6.07) is 0.776. The van der Waals surface area contributed by atoms with Crippen LogP contribution in [0.1, 0.15) is 51.4 Å². The summed E-state index contributed by atoms with van der Waals surface area (Å²) in [5.41, 5.74) is 0. The van der Waals surface area contributed by atoms with Gasteiger partial charge in [-0.15, -0.1) is 24.0 Å².